The molecule has 3 aromatic carbocycles. The van der Waals surface area contributed by atoms with Crippen molar-refractivity contribution in [3.05, 3.63) is 89.1 Å². The summed E-state index contributed by atoms with van der Waals surface area (Å²) in [6, 6.07) is 18.8. The van der Waals surface area contributed by atoms with E-state index in [4.69, 9.17) is 20.9 Å². The van der Waals surface area contributed by atoms with Gasteiger partial charge in [-0.1, -0.05) is 49.4 Å². The van der Waals surface area contributed by atoms with Gasteiger partial charge in [-0.25, -0.2) is 0 Å². The Balaban J connectivity index is 1.60. The van der Waals surface area contributed by atoms with Crippen LogP contribution in [0.15, 0.2) is 66.9 Å². The Bertz CT molecular complexity index is 1540. The van der Waals surface area contributed by atoms with E-state index in [1.807, 2.05) is 75.4 Å². The quantitative estimate of drug-likeness (QED) is 0.167. The summed E-state index contributed by atoms with van der Waals surface area (Å²) in [6.45, 7) is 7.07. The maximum absolute atomic E-state index is 12.8. The lowest BCUT2D eigenvalue weighted by Gasteiger charge is -2.20. The number of benzene rings is 3. The number of aryl methyl sites for hydroxylation is 1. The highest BCUT2D eigenvalue weighted by Crippen LogP contribution is 2.38. The number of nitrogens with two attached hydrogens (primary N) is 2. The van der Waals surface area contributed by atoms with Crippen molar-refractivity contribution in [3.63, 3.8) is 0 Å². The van der Waals surface area contributed by atoms with Crippen molar-refractivity contribution in [2.24, 2.45) is 11.5 Å². The third kappa shape index (κ3) is 7.16. The van der Waals surface area contributed by atoms with Gasteiger partial charge in [0.2, 0.25) is 5.91 Å². The van der Waals surface area contributed by atoms with E-state index >= 15 is 0 Å². The van der Waals surface area contributed by atoms with E-state index in [0.29, 0.717) is 60.7 Å². The van der Waals surface area contributed by atoms with Crippen molar-refractivity contribution in [2.75, 3.05) is 18.5 Å². The highest BCUT2D eigenvalue weighted by molar-refractivity contribution is 6.08. The maximum atomic E-state index is 12.8. The van der Waals surface area contributed by atoms with E-state index in [1.54, 1.807) is 6.07 Å². The van der Waals surface area contributed by atoms with Crippen molar-refractivity contribution < 1.29 is 19.1 Å². The fourth-order valence-electron chi connectivity index (χ4n) is 4.94. The van der Waals surface area contributed by atoms with Gasteiger partial charge in [0.25, 0.3) is 5.91 Å². The van der Waals surface area contributed by atoms with Gasteiger partial charge >= 0.3 is 0 Å². The fourth-order valence-corrected chi connectivity index (χ4v) is 4.94. The summed E-state index contributed by atoms with van der Waals surface area (Å²) in [5.41, 5.74) is 17.2. The first-order valence-corrected chi connectivity index (χ1v) is 14.3. The molecule has 9 heteroatoms. The zero-order valence-corrected chi connectivity index (χ0v) is 24.4. The van der Waals surface area contributed by atoms with Gasteiger partial charge in [0.15, 0.2) is 11.5 Å². The normalized spacial score (nSPS) is 11.6. The summed E-state index contributed by atoms with van der Waals surface area (Å²) in [4.78, 5) is 29.7. The van der Waals surface area contributed by atoms with Crippen LogP contribution in [0.1, 0.15) is 54.2 Å². The zero-order valence-electron chi connectivity index (χ0n) is 24.4. The number of anilines is 2. The van der Waals surface area contributed by atoms with Gasteiger partial charge in [0, 0.05) is 29.9 Å². The second-order valence-electron chi connectivity index (χ2n) is 9.86. The number of carbonyl (C=O) groups is 2. The van der Waals surface area contributed by atoms with Crippen molar-refractivity contribution in [3.8, 4) is 11.5 Å². The standard InChI is InChI=1S/C33H39N5O4/c1-4-23-22(19-37-33(40)26(34)16-15-21-11-8-7-9-12-21)13-10-14-27(23)38-31-24-17-29(41-5-2)30(42-6-3)18-28(24)36-20-25(31)32(35)39/h7-14,17-18,20,26H,4-6,15-16,19,34H2,1-3H3,(H2,35,39)(H,36,38)(H,37,40)/t26-/m0/s1. The highest BCUT2D eigenvalue weighted by Gasteiger charge is 2.19. The Morgan fingerprint density at radius 1 is 0.952 bits per heavy atom. The number of nitrogens with one attached hydrogen (secondary N) is 2. The molecule has 0 aliphatic heterocycles. The van der Waals surface area contributed by atoms with Crippen LogP contribution >= 0.6 is 0 Å². The lowest BCUT2D eigenvalue weighted by atomic mass is 10.0. The highest BCUT2D eigenvalue weighted by atomic mass is 16.5. The molecule has 0 unspecified atom stereocenters. The van der Waals surface area contributed by atoms with Crippen molar-refractivity contribution in [1.29, 1.82) is 0 Å². The lowest BCUT2D eigenvalue weighted by molar-refractivity contribution is -0.122. The number of amides is 2. The molecule has 4 aromatic rings. The number of primary amides is 1. The number of carbonyl (C=O) groups excluding carboxylic acids is 2. The van der Waals surface area contributed by atoms with E-state index in [0.717, 1.165) is 28.8 Å². The summed E-state index contributed by atoms with van der Waals surface area (Å²) in [5.74, 6) is 0.320. The second kappa shape index (κ2) is 14.3. The summed E-state index contributed by atoms with van der Waals surface area (Å²) < 4.78 is 11.6. The molecule has 0 fully saturated rings. The van der Waals surface area contributed by atoms with Crippen LogP contribution in [-0.2, 0) is 24.2 Å². The first kappa shape index (κ1) is 30.3. The minimum Gasteiger partial charge on any atom is -0.490 e. The number of aromatic nitrogens is 1. The van der Waals surface area contributed by atoms with Gasteiger partial charge in [-0.3, -0.25) is 14.6 Å². The van der Waals surface area contributed by atoms with E-state index in [-0.39, 0.29) is 11.5 Å². The zero-order chi connectivity index (χ0) is 30.1. The molecular weight excluding hydrogens is 530 g/mol. The van der Waals surface area contributed by atoms with Gasteiger partial charge in [0.1, 0.15) is 0 Å². The molecule has 220 valence electrons. The minimum absolute atomic E-state index is 0.198. The number of nitrogens with zero attached hydrogens (tertiary/aromatic N) is 1. The summed E-state index contributed by atoms with van der Waals surface area (Å²) in [6.07, 6.45) is 3.43. The molecule has 42 heavy (non-hydrogen) atoms. The van der Waals surface area contributed by atoms with Crippen molar-refractivity contribution >= 4 is 34.1 Å². The average molecular weight is 570 g/mol. The predicted molar refractivity (Wildman–Crippen MR) is 166 cm³/mol. The number of rotatable bonds is 14. The van der Waals surface area contributed by atoms with Crippen LogP contribution in [0.4, 0.5) is 11.4 Å². The van der Waals surface area contributed by atoms with Crippen LogP contribution < -0.4 is 31.6 Å². The molecule has 0 saturated heterocycles. The molecule has 0 radical (unpaired) electrons. The van der Waals surface area contributed by atoms with Crippen LogP contribution in [0.3, 0.4) is 0 Å². The first-order chi connectivity index (χ1) is 20.4. The second-order valence-corrected chi connectivity index (χ2v) is 9.86. The Kier molecular flexibility index (Phi) is 10.3. The molecule has 1 heterocycles. The molecule has 0 saturated carbocycles. The number of hydrogen-bond donors (Lipinski definition) is 4. The van der Waals surface area contributed by atoms with Gasteiger partial charge in [0.05, 0.1) is 36.0 Å². The molecule has 0 bridgehead atoms. The number of hydrogen-bond acceptors (Lipinski definition) is 7. The van der Waals surface area contributed by atoms with Crippen LogP contribution in [0.2, 0.25) is 0 Å². The summed E-state index contributed by atoms with van der Waals surface area (Å²) in [7, 11) is 0. The molecule has 0 aliphatic carbocycles. The molecule has 0 spiro atoms. The Morgan fingerprint density at radius 2 is 1.67 bits per heavy atom. The lowest BCUT2D eigenvalue weighted by Crippen LogP contribution is -2.40. The molecule has 1 aromatic heterocycles. The largest absolute Gasteiger partial charge is 0.490 e. The van der Waals surface area contributed by atoms with Crippen LogP contribution in [0.5, 0.6) is 11.5 Å². The molecule has 6 N–H and O–H groups in total. The van der Waals surface area contributed by atoms with Gasteiger partial charge in [-0.15, -0.1) is 0 Å². The SMILES string of the molecule is CCOc1cc2ncc(C(N)=O)c(Nc3cccc(CNC(=O)[C@@H](N)CCc4ccccc4)c3CC)c2cc1OCC. The molecule has 9 nitrogen and oxygen atoms in total. The van der Waals surface area contributed by atoms with Crippen molar-refractivity contribution in [2.45, 2.75) is 52.6 Å². The third-order valence-corrected chi connectivity index (χ3v) is 7.06. The Labute approximate surface area is 246 Å². The van der Waals surface area contributed by atoms with Crippen LogP contribution in [-0.4, -0.2) is 36.1 Å². The number of ether oxygens (including phenoxy) is 2. The number of pyridine rings is 1. The monoisotopic (exact) mass is 569 g/mol. The maximum Gasteiger partial charge on any atom is 0.252 e. The fraction of sp³-hybridized carbons (Fsp3) is 0.303. The molecule has 4 rings (SSSR count). The van der Waals surface area contributed by atoms with Gasteiger partial charge in [-0.05, 0) is 61.9 Å². The third-order valence-electron chi connectivity index (χ3n) is 7.06. The van der Waals surface area contributed by atoms with Crippen molar-refractivity contribution in [1.82, 2.24) is 10.3 Å². The van der Waals surface area contributed by atoms with Gasteiger partial charge < -0.3 is 31.6 Å². The van der Waals surface area contributed by atoms with E-state index in [2.05, 4.69) is 15.6 Å². The average Bonchev–Trinajstić information content (AvgIpc) is 2.99. The molecule has 1 atom stereocenters. The van der Waals surface area contributed by atoms with Crippen LogP contribution in [0, 0.1) is 0 Å². The minimum atomic E-state index is -0.612. The number of fused-ring (bicyclic) bond motifs is 1. The summed E-state index contributed by atoms with van der Waals surface area (Å²) in [5, 5.41) is 7.12. The van der Waals surface area contributed by atoms with Gasteiger partial charge in [-0.2, -0.15) is 0 Å². The van der Waals surface area contributed by atoms with E-state index in [1.165, 1.54) is 6.20 Å². The smallest absolute Gasteiger partial charge is 0.252 e. The molecule has 0 aliphatic rings. The molecular formula is C33H39N5O4. The Hall–Kier alpha value is -4.63. The van der Waals surface area contributed by atoms with E-state index < -0.39 is 11.9 Å². The first-order valence-electron chi connectivity index (χ1n) is 14.3. The van der Waals surface area contributed by atoms with E-state index in [9.17, 15) is 9.59 Å². The topological polar surface area (TPSA) is 142 Å². The summed E-state index contributed by atoms with van der Waals surface area (Å²) >= 11 is 0. The van der Waals surface area contributed by atoms with Crippen LogP contribution in [0.25, 0.3) is 10.9 Å². The molecule has 2 amide bonds. The predicted octanol–water partition coefficient (Wildman–Crippen LogP) is 5.01. The Morgan fingerprint density at radius 3 is 2.33 bits per heavy atom.